The number of nitrogens with zero attached hydrogens (tertiary/aromatic N) is 4. The summed E-state index contributed by atoms with van der Waals surface area (Å²) in [6.07, 6.45) is 1.45. The van der Waals surface area contributed by atoms with Gasteiger partial charge in [0.1, 0.15) is 33.4 Å². The van der Waals surface area contributed by atoms with Gasteiger partial charge in [-0.05, 0) is 66.2 Å². The molecule has 0 radical (unpaired) electrons. The van der Waals surface area contributed by atoms with Crippen LogP contribution in [0.2, 0.25) is 5.15 Å². The number of thioether (sulfide) groups is 1. The van der Waals surface area contributed by atoms with Gasteiger partial charge in [0.15, 0.2) is 0 Å². The average Bonchev–Trinajstić information content (AvgIpc) is 3.05. The lowest BCUT2D eigenvalue weighted by molar-refractivity contribution is -0.156. The zero-order valence-electron chi connectivity index (χ0n) is 20.7. The van der Waals surface area contributed by atoms with Gasteiger partial charge >= 0.3 is 5.97 Å². The smallest absolute Gasteiger partial charge is 0.322 e. The number of aryl methyl sites for hydroxylation is 2. The van der Waals surface area contributed by atoms with E-state index in [1.807, 2.05) is 60.6 Å². The molecule has 0 aliphatic heterocycles. The molecule has 2 heterocycles. The van der Waals surface area contributed by atoms with Crippen LogP contribution in [0, 0.1) is 13.8 Å². The predicted molar refractivity (Wildman–Crippen MR) is 135 cm³/mol. The molecule has 3 aromatic rings. The van der Waals surface area contributed by atoms with Crippen molar-refractivity contribution in [3.05, 3.63) is 64.4 Å². The van der Waals surface area contributed by atoms with E-state index < -0.39 is 10.3 Å². The molecule has 3 rings (SSSR count). The van der Waals surface area contributed by atoms with E-state index in [-0.39, 0.29) is 5.97 Å². The van der Waals surface area contributed by atoms with Crippen molar-refractivity contribution in [2.45, 2.75) is 76.8 Å². The molecule has 9 heteroatoms. The van der Waals surface area contributed by atoms with Gasteiger partial charge in [0.2, 0.25) is 0 Å². The lowest BCUT2D eigenvalue weighted by Crippen LogP contribution is -2.36. The normalized spacial score (nSPS) is 12.0. The number of halogens is 1. The minimum absolute atomic E-state index is 0.236. The third-order valence-corrected chi connectivity index (χ3v) is 6.43. The maximum atomic E-state index is 12.6. The first-order valence-electron chi connectivity index (χ1n) is 11.0. The van der Waals surface area contributed by atoms with Gasteiger partial charge in [-0.2, -0.15) is 0 Å². The summed E-state index contributed by atoms with van der Waals surface area (Å²) >= 11 is 7.62. The number of hydrogen-bond acceptors (Lipinski definition) is 8. The minimum atomic E-state index is -0.706. The van der Waals surface area contributed by atoms with Crippen LogP contribution in [0.4, 0.5) is 5.82 Å². The number of carbonyl (C=O) groups is 1. The Hall–Kier alpha value is -2.58. The van der Waals surface area contributed by atoms with Crippen LogP contribution in [0.25, 0.3) is 0 Å². The van der Waals surface area contributed by atoms with Crippen LogP contribution in [0.15, 0.2) is 46.1 Å². The molecule has 0 bridgehead atoms. The van der Waals surface area contributed by atoms with Gasteiger partial charge in [-0.1, -0.05) is 28.9 Å². The zero-order chi connectivity index (χ0) is 25.1. The van der Waals surface area contributed by atoms with E-state index in [0.29, 0.717) is 24.1 Å². The van der Waals surface area contributed by atoms with E-state index in [9.17, 15) is 4.79 Å². The summed E-state index contributed by atoms with van der Waals surface area (Å²) in [4.78, 5) is 24.1. The summed E-state index contributed by atoms with van der Waals surface area (Å²) in [5.41, 5.74) is 2.42. The highest BCUT2D eigenvalue weighted by Gasteiger charge is 2.33. The highest BCUT2D eigenvalue weighted by atomic mass is 35.5. The Balaban J connectivity index is 1.78. The quantitative estimate of drug-likeness (QED) is 0.206. The fraction of sp³-hybridized carbons (Fsp3) is 0.440. The lowest BCUT2D eigenvalue weighted by atomic mass is 10.1. The molecule has 7 nitrogen and oxygen atoms in total. The minimum Gasteiger partial charge on any atom is -0.459 e. The summed E-state index contributed by atoms with van der Waals surface area (Å²) in [7, 11) is 0. The third kappa shape index (κ3) is 6.96. The summed E-state index contributed by atoms with van der Waals surface area (Å²) < 4.78 is 10.2. The van der Waals surface area contributed by atoms with Gasteiger partial charge < -0.3 is 14.2 Å². The summed E-state index contributed by atoms with van der Waals surface area (Å²) in [5.74, 6) is 1.25. The van der Waals surface area contributed by atoms with E-state index in [0.717, 1.165) is 27.5 Å². The number of anilines is 1. The Labute approximate surface area is 210 Å². The van der Waals surface area contributed by atoms with Crippen LogP contribution in [-0.4, -0.2) is 31.4 Å². The molecule has 0 atom stereocenters. The molecule has 1 aromatic carbocycles. The van der Waals surface area contributed by atoms with Crippen LogP contribution in [0.3, 0.4) is 0 Å². The number of ether oxygens (including phenoxy) is 1. The topological polar surface area (TPSA) is 81.4 Å². The Morgan fingerprint density at radius 3 is 2.32 bits per heavy atom. The summed E-state index contributed by atoms with van der Waals surface area (Å²) in [5, 5.41) is 4.45. The monoisotopic (exact) mass is 502 g/mol. The van der Waals surface area contributed by atoms with Gasteiger partial charge in [0.25, 0.3) is 0 Å². The molecular formula is C25H31ClN4O3S. The van der Waals surface area contributed by atoms with Gasteiger partial charge in [0, 0.05) is 23.1 Å². The van der Waals surface area contributed by atoms with Crippen LogP contribution in [0.5, 0.6) is 0 Å². The van der Waals surface area contributed by atoms with Crippen molar-refractivity contribution in [1.29, 1.82) is 0 Å². The highest BCUT2D eigenvalue weighted by Crippen LogP contribution is 2.35. The molecule has 0 aliphatic carbocycles. The van der Waals surface area contributed by atoms with Crippen molar-refractivity contribution in [1.82, 2.24) is 15.1 Å². The molecule has 2 aromatic heterocycles. The maximum absolute atomic E-state index is 12.6. The largest absolute Gasteiger partial charge is 0.459 e. The first-order chi connectivity index (χ1) is 15.8. The predicted octanol–water partition coefficient (Wildman–Crippen LogP) is 6.15. The standard InChI is InChI=1S/C25H31ClN4O3S/c1-16-20(17(2)33-29-16)14-30(22-12-21(26)27-15-28-22)13-18-8-10-19(11-9-18)34-25(6,7)23(31)32-24(3,4)5/h8-12,15H,13-14H2,1-7H3. The van der Waals surface area contributed by atoms with E-state index in [1.165, 1.54) is 18.1 Å². The Kier molecular flexibility index (Phi) is 7.93. The zero-order valence-corrected chi connectivity index (χ0v) is 22.3. The van der Waals surface area contributed by atoms with Crippen molar-refractivity contribution in [2.75, 3.05) is 4.90 Å². The van der Waals surface area contributed by atoms with E-state index in [4.69, 9.17) is 20.9 Å². The first kappa shape index (κ1) is 26.0. The maximum Gasteiger partial charge on any atom is 0.322 e. The second-order valence-corrected chi connectivity index (χ2v) is 11.7. The van der Waals surface area contributed by atoms with Crippen molar-refractivity contribution in [3.63, 3.8) is 0 Å². The molecule has 0 N–H and O–H groups in total. The van der Waals surface area contributed by atoms with Gasteiger partial charge in [-0.25, -0.2) is 9.97 Å². The van der Waals surface area contributed by atoms with Crippen LogP contribution < -0.4 is 4.90 Å². The van der Waals surface area contributed by atoms with E-state index in [2.05, 4.69) is 32.2 Å². The molecule has 0 unspecified atom stereocenters. The first-order valence-corrected chi connectivity index (χ1v) is 12.2. The summed E-state index contributed by atoms with van der Waals surface area (Å²) in [6.45, 7) is 14.4. The average molecular weight is 503 g/mol. The van der Waals surface area contributed by atoms with E-state index in [1.54, 1.807) is 6.07 Å². The molecule has 182 valence electrons. The number of carbonyl (C=O) groups excluding carboxylic acids is 1. The lowest BCUT2D eigenvalue weighted by Gasteiger charge is -2.28. The van der Waals surface area contributed by atoms with Gasteiger partial charge in [-0.15, -0.1) is 11.8 Å². The number of hydrogen-bond donors (Lipinski definition) is 0. The molecule has 0 amide bonds. The van der Waals surface area contributed by atoms with Gasteiger partial charge in [-0.3, -0.25) is 4.79 Å². The number of aromatic nitrogens is 3. The third-order valence-electron chi connectivity index (χ3n) is 5.03. The van der Waals surface area contributed by atoms with Crippen molar-refractivity contribution in [3.8, 4) is 0 Å². The molecule has 0 aliphatic rings. The number of benzene rings is 1. The Morgan fingerprint density at radius 1 is 1.09 bits per heavy atom. The molecule has 0 saturated carbocycles. The van der Waals surface area contributed by atoms with E-state index >= 15 is 0 Å². The second kappa shape index (κ2) is 10.4. The van der Waals surface area contributed by atoms with Crippen molar-refractivity contribution < 1.29 is 14.1 Å². The molecule has 0 fully saturated rings. The fourth-order valence-electron chi connectivity index (χ4n) is 3.25. The van der Waals surface area contributed by atoms with Crippen LogP contribution >= 0.6 is 23.4 Å². The molecule has 0 spiro atoms. The number of rotatable bonds is 8. The molecule has 0 saturated heterocycles. The SMILES string of the molecule is Cc1noc(C)c1CN(Cc1ccc(SC(C)(C)C(=O)OC(C)(C)C)cc1)c1cc(Cl)ncn1. The van der Waals surface area contributed by atoms with Crippen LogP contribution in [-0.2, 0) is 22.6 Å². The fourth-order valence-corrected chi connectivity index (χ4v) is 4.38. The number of esters is 1. The van der Waals surface area contributed by atoms with Crippen molar-refractivity contribution >= 4 is 35.1 Å². The summed E-state index contributed by atoms with van der Waals surface area (Å²) in [6, 6.07) is 9.89. The van der Waals surface area contributed by atoms with Crippen LogP contribution in [0.1, 0.15) is 57.2 Å². The highest BCUT2D eigenvalue weighted by molar-refractivity contribution is 8.01. The second-order valence-electron chi connectivity index (χ2n) is 9.62. The Morgan fingerprint density at radius 2 is 1.76 bits per heavy atom. The molecular weight excluding hydrogens is 472 g/mol. The van der Waals surface area contributed by atoms with Gasteiger partial charge in [0.05, 0.1) is 12.2 Å². The van der Waals surface area contributed by atoms with Crippen molar-refractivity contribution in [2.24, 2.45) is 0 Å². The molecule has 34 heavy (non-hydrogen) atoms. The Bertz CT molecular complexity index is 1120.